The minimum atomic E-state index is -1.65. The molecular weight excluding hydrogens is 241 g/mol. The van der Waals surface area contributed by atoms with Crippen molar-refractivity contribution in [2.45, 2.75) is 0 Å². The molecule has 0 atom stereocenters. The van der Waals surface area contributed by atoms with Crippen molar-refractivity contribution in [2.24, 2.45) is 0 Å². The maximum Gasteiger partial charge on any atom is 0.489 e. The molecule has 2 nitrogen and oxygen atoms in total. The van der Waals surface area contributed by atoms with Crippen LogP contribution in [-0.2, 0) is 0 Å². The molecule has 0 aliphatic heterocycles. The van der Waals surface area contributed by atoms with Gasteiger partial charge in [-0.25, -0.2) is 4.39 Å². The highest BCUT2D eigenvalue weighted by Gasteiger charge is 2.17. The summed E-state index contributed by atoms with van der Waals surface area (Å²) in [7, 11) is -1.65. The molecule has 2 aromatic carbocycles. The van der Waals surface area contributed by atoms with Crippen LogP contribution in [-0.4, -0.2) is 17.2 Å². The summed E-state index contributed by atoms with van der Waals surface area (Å²) in [6, 6.07) is 10.6. The summed E-state index contributed by atoms with van der Waals surface area (Å²) in [4.78, 5) is 0. The lowest BCUT2D eigenvalue weighted by Crippen LogP contribution is -2.31. The van der Waals surface area contributed by atoms with E-state index in [1.807, 2.05) is 0 Å². The van der Waals surface area contributed by atoms with Crippen molar-refractivity contribution < 1.29 is 14.4 Å². The SMILES string of the molecule is OB(O)c1ccc(F)cc1-c1cccc(Cl)c1. The number of benzene rings is 2. The lowest BCUT2D eigenvalue weighted by atomic mass is 9.75. The van der Waals surface area contributed by atoms with E-state index in [1.165, 1.54) is 18.2 Å². The topological polar surface area (TPSA) is 40.5 Å². The largest absolute Gasteiger partial charge is 0.489 e. The Balaban J connectivity index is 2.61. The Bertz CT molecular complexity index is 546. The molecule has 0 amide bonds. The molecule has 2 N–H and O–H groups in total. The van der Waals surface area contributed by atoms with E-state index < -0.39 is 12.9 Å². The minimum Gasteiger partial charge on any atom is -0.423 e. The van der Waals surface area contributed by atoms with Crippen molar-refractivity contribution in [3.63, 3.8) is 0 Å². The predicted molar refractivity (Wildman–Crippen MR) is 66.7 cm³/mol. The van der Waals surface area contributed by atoms with Crippen LogP contribution in [0.3, 0.4) is 0 Å². The second kappa shape index (κ2) is 4.88. The number of hydrogen-bond donors (Lipinski definition) is 2. The molecule has 0 heterocycles. The number of hydrogen-bond acceptors (Lipinski definition) is 2. The molecule has 17 heavy (non-hydrogen) atoms. The molecule has 0 radical (unpaired) electrons. The molecule has 2 aromatic rings. The van der Waals surface area contributed by atoms with Crippen LogP contribution >= 0.6 is 11.6 Å². The van der Waals surface area contributed by atoms with Crippen molar-refractivity contribution in [3.05, 3.63) is 53.3 Å². The first-order valence-corrected chi connectivity index (χ1v) is 5.37. The monoisotopic (exact) mass is 250 g/mol. The van der Waals surface area contributed by atoms with E-state index in [0.29, 0.717) is 16.1 Å². The molecular formula is C12H9BClFO2. The van der Waals surface area contributed by atoms with Gasteiger partial charge in [0, 0.05) is 5.02 Å². The van der Waals surface area contributed by atoms with Gasteiger partial charge in [0.15, 0.2) is 0 Å². The molecule has 0 saturated carbocycles. The molecule has 0 spiro atoms. The van der Waals surface area contributed by atoms with E-state index in [2.05, 4.69) is 0 Å². The van der Waals surface area contributed by atoms with Crippen LogP contribution in [0.2, 0.25) is 5.02 Å². The van der Waals surface area contributed by atoms with Gasteiger partial charge >= 0.3 is 7.12 Å². The van der Waals surface area contributed by atoms with Gasteiger partial charge in [-0.3, -0.25) is 0 Å². The zero-order valence-electron chi connectivity index (χ0n) is 8.77. The molecule has 0 unspecified atom stereocenters. The van der Waals surface area contributed by atoms with Gasteiger partial charge in [0.25, 0.3) is 0 Å². The van der Waals surface area contributed by atoms with E-state index in [1.54, 1.807) is 24.3 Å². The average Bonchev–Trinajstić information content (AvgIpc) is 2.28. The number of halogens is 2. The zero-order chi connectivity index (χ0) is 12.4. The van der Waals surface area contributed by atoms with Crippen LogP contribution in [0.15, 0.2) is 42.5 Å². The normalized spacial score (nSPS) is 10.4. The Labute approximate surface area is 103 Å². The third-order valence-electron chi connectivity index (χ3n) is 2.43. The molecule has 0 saturated heterocycles. The molecule has 5 heteroatoms. The van der Waals surface area contributed by atoms with Crippen molar-refractivity contribution in [3.8, 4) is 11.1 Å². The van der Waals surface area contributed by atoms with Gasteiger partial charge in [-0.1, -0.05) is 29.8 Å². The lowest BCUT2D eigenvalue weighted by molar-refractivity contribution is 0.426. The van der Waals surface area contributed by atoms with E-state index >= 15 is 0 Å². The van der Waals surface area contributed by atoms with Gasteiger partial charge in [0.05, 0.1) is 0 Å². The van der Waals surface area contributed by atoms with Gasteiger partial charge in [0.1, 0.15) is 5.82 Å². The third kappa shape index (κ3) is 2.66. The van der Waals surface area contributed by atoms with Crippen LogP contribution in [0.1, 0.15) is 0 Å². The summed E-state index contributed by atoms with van der Waals surface area (Å²) in [5, 5.41) is 19.0. The van der Waals surface area contributed by atoms with Crippen LogP contribution in [0, 0.1) is 5.82 Å². The molecule has 0 aliphatic rings. The molecule has 0 aliphatic carbocycles. The minimum absolute atomic E-state index is 0.244. The fraction of sp³-hybridized carbons (Fsp3) is 0. The summed E-state index contributed by atoms with van der Waals surface area (Å²) < 4.78 is 13.2. The van der Waals surface area contributed by atoms with Crippen LogP contribution in [0.25, 0.3) is 11.1 Å². The zero-order valence-corrected chi connectivity index (χ0v) is 9.53. The standard InChI is InChI=1S/C12H9BClFO2/c14-9-3-1-2-8(6-9)11-7-10(15)4-5-12(11)13(16)17/h1-7,16-17H. The summed E-state index contributed by atoms with van der Waals surface area (Å²) in [6.07, 6.45) is 0. The Morgan fingerprint density at radius 1 is 1.06 bits per heavy atom. The highest BCUT2D eigenvalue weighted by atomic mass is 35.5. The molecule has 0 bridgehead atoms. The van der Waals surface area contributed by atoms with Crippen LogP contribution < -0.4 is 5.46 Å². The Kier molecular flexibility index (Phi) is 3.47. The van der Waals surface area contributed by atoms with Gasteiger partial charge in [-0.2, -0.15) is 0 Å². The van der Waals surface area contributed by atoms with Crippen molar-refractivity contribution >= 4 is 24.2 Å². The maximum atomic E-state index is 13.2. The Hall–Kier alpha value is -1.36. The fourth-order valence-corrected chi connectivity index (χ4v) is 1.85. The van der Waals surface area contributed by atoms with Gasteiger partial charge in [0.2, 0.25) is 0 Å². The maximum absolute atomic E-state index is 13.2. The van der Waals surface area contributed by atoms with Crippen LogP contribution in [0.4, 0.5) is 4.39 Å². The molecule has 86 valence electrons. The van der Waals surface area contributed by atoms with Crippen molar-refractivity contribution in [2.75, 3.05) is 0 Å². The smallest absolute Gasteiger partial charge is 0.423 e. The molecule has 2 rings (SSSR count). The van der Waals surface area contributed by atoms with E-state index in [9.17, 15) is 14.4 Å². The van der Waals surface area contributed by atoms with Gasteiger partial charge in [-0.05, 0) is 40.9 Å². The fourth-order valence-electron chi connectivity index (χ4n) is 1.66. The second-order valence-electron chi connectivity index (χ2n) is 3.62. The Morgan fingerprint density at radius 2 is 1.82 bits per heavy atom. The highest BCUT2D eigenvalue weighted by molar-refractivity contribution is 6.60. The predicted octanol–water partition coefficient (Wildman–Crippen LogP) is 1.83. The van der Waals surface area contributed by atoms with E-state index in [4.69, 9.17) is 11.6 Å². The van der Waals surface area contributed by atoms with Gasteiger partial charge < -0.3 is 10.0 Å². The highest BCUT2D eigenvalue weighted by Crippen LogP contribution is 2.22. The lowest BCUT2D eigenvalue weighted by Gasteiger charge is -2.09. The van der Waals surface area contributed by atoms with Gasteiger partial charge in [-0.15, -0.1) is 0 Å². The van der Waals surface area contributed by atoms with Crippen LogP contribution in [0.5, 0.6) is 0 Å². The summed E-state index contributed by atoms with van der Waals surface area (Å²) in [6.45, 7) is 0. The van der Waals surface area contributed by atoms with E-state index in [-0.39, 0.29) is 5.46 Å². The molecule has 0 aromatic heterocycles. The second-order valence-corrected chi connectivity index (χ2v) is 4.05. The average molecular weight is 250 g/mol. The van der Waals surface area contributed by atoms with Crippen molar-refractivity contribution in [1.29, 1.82) is 0 Å². The van der Waals surface area contributed by atoms with Crippen molar-refractivity contribution in [1.82, 2.24) is 0 Å². The quantitative estimate of drug-likeness (QED) is 0.798. The third-order valence-corrected chi connectivity index (χ3v) is 2.66. The molecule has 0 fully saturated rings. The summed E-state index contributed by atoms with van der Waals surface area (Å²) >= 11 is 5.85. The Morgan fingerprint density at radius 3 is 2.47 bits per heavy atom. The first kappa shape index (κ1) is 12.1. The van der Waals surface area contributed by atoms with E-state index in [0.717, 1.165) is 0 Å². The first-order valence-electron chi connectivity index (χ1n) is 4.99. The number of rotatable bonds is 2. The first-order chi connectivity index (χ1) is 8.08. The summed E-state index contributed by atoms with van der Waals surface area (Å²) in [5.74, 6) is -0.440. The summed E-state index contributed by atoms with van der Waals surface area (Å²) in [5.41, 5.74) is 1.30.